The molecule has 0 bridgehead atoms. The number of nitrogen functional groups attached to an aromatic ring is 1. The second-order valence-corrected chi connectivity index (χ2v) is 6.58. The first-order valence-electron chi connectivity index (χ1n) is 6.37. The van der Waals surface area contributed by atoms with Crippen molar-refractivity contribution in [3.8, 4) is 0 Å². The molecule has 6 heteroatoms. The Morgan fingerprint density at radius 2 is 1.71 bits per heavy atom. The van der Waals surface area contributed by atoms with E-state index in [1.807, 2.05) is 6.07 Å². The molecule has 0 atom stereocenters. The zero-order chi connectivity index (χ0) is 15.8. The fourth-order valence-electron chi connectivity index (χ4n) is 2.23. The van der Waals surface area contributed by atoms with E-state index in [0.717, 1.165) is 11.6 Å². The molecule has 2 aromatic rings. The average molecular weight is 308 g/mol. The number of anilines is 2. The summed E-state index contributed by atoms with van der Waals surface area (Å²) >= 11 is 0. The third-order valence-corrected chi connectivity index (χ3v) is 5.02. The van der Waals surface area contributed by atoms with Gasteiger partial charge in [-0.1, -0.05) is 18.2 Å². The highest BCUT2D eigenvalue weighted by Crippen LogP contribution is 2.29. The van der Waals surface area contributed by atoms with Crippen molar-refractivity contribution in [3.63, 3.8) is 0 Å². The van der Waals surface area contributed by atoms with Crippen LogP contribution in [0.15, 0.2) is 35.2 Å². The molecule has 0 spiro atoms. The molecule has 0 fully saturated rings. The van der Waals surface area contributed by atoms with Crippen LogP contribution < -0.4 is 10.5 Å². The van der Waals surface area contributed by atoms with Crippen molar-refractivity contribution in [1.29, 1.82) is 0 Å². The molecule has 0 saturated heterocycles. The molecular weight excluding hydrogens is 291 g/mol. The number of hydrogen-bond donors (Lipinski definition) is 2. The number of para-hydroxylation sites is 1. The van der Waals surface area contributed by atoms with Crippen LogP contribution in [0, 0.1) is 26.6 Å². The Hall–Kier alpha value is -2.08. The summed E-state index contributed by atoms with van der Waals surface area (Å²) < 4.78 is 41.2. The van der Waals surface area contributed by atoms with Crippen molar-refractivity contribution < 1.29 is 12.8 Å². The van der Waals surface area contributed by atoms with E-state index in [4.69, 9.17) is 5.73 Å². The summed E-state index contributed by atoms with van der Waals surface area (Å²) in [4.78, 5) is 0.0182. The summed E-state index contributed by atoms with van der Waals surface area (Å²) in [5, 5.41) is 0. The molecule has 4 nitrogen and oxygen atoms in total. The minimum atomic E-state index is -3.83. The van der Waals surface area contributed by atoms with E-state index < -0.39 is 15.8 Å². The van der Waals surface area contributed by atoms with Crippen molar-refractivity contribution in [2.45, 2.75) is 25.7 Å². The van der Waals surface area contributed by atoms with Gasteiger partial charge in [0, 0.05) is 0 Å². The summed E-state index contributed by atoms with van der Waals surface area (Å²) in [6.07, 6.45) is 0. The smallest absolute Gasteiger partial charge is 0.262 e. The maximum Gasteiger partial charge on any atom is 0.262 e. The van der Waals surface area contributed by atoms with Gasteiger partial charge in [-0.3, -0.25) is 4.72 Å². The number of hydrogen-bond acceptors (Lipinski definition) is 3. The lowest BCUT2D eigenvalue weighted by Gasteiger charge is -2.16. The van der Waals surface area contributed by atoms with Crippen LogP contribution in [0.4, 0.5) is 15.8 Å². The van der Waals surface area contributed by atoms with E-state index in [9.17, 15) is 12.8 Å². The fourth-order valence-corrected chi connectivity index (χ4v) is 3.84. The second kappa shape index (κ2) is 5.37. The number of nitrogens with one attached hydrogen (secondary N) is 1. The lowest BCUT2D eigenvalue weighted by molar-refractivity contribution is 0.598. The molecule has 0 saturated carbocycles. The number of rotatable bonds is 3. The Morgan fingerprint density at radius 3 is 2.33 bits per heavy atom. The maximum absolute atomic E-state index is 13.6. The normalized spacial score (nSPS) is 11.4. The molecule has 0 aromatic heterocycles. The Bertz CT molecular complexity index is 802. The Balaban J connectivity index is 2.56. The summed E-state index contributed by atoms with van der Waals surface area (Å²) in [5.41, 5.74) is 7.28. The van der Waals surface area contributed by atoms with Crippen molar-refractivity contribution in [1.82, 2.24) is 0 Å². The zero-order valence-electron chi connectivity index (χ0n) is 12.1. The van der Waals surface area contributed by atoms with Crippen molar-refractivity contribution in [3.05, 3.63) is 52.8 Å². The van der Waals surface area contributed by atoms with Crippen LogP contribution in [0.25, 0.3) is 0 Å². The van der Waals surface area contributed by atoms with Crippen LogP contribution in [0.3, 0.4) is 0 Å². The van der Waals surface area contributed by atoms with E-state index in [1.165, 1.54) is 6.92 Å². The number of nitrogens with two attached hydrogens (primary N) is 1. The number of sulfonamides is 1. The summed E-state index contributed by atoms with van der Waals surface area (Å²) in [7, 11) is -3.83. The van der Waals surface area contributed by atoms with Crippen LogP contribution in [-0.2, 0) is 10.0 Å². The first-order chi connectivity index (χ1) is 9.74. The predicted octanol–water partition coefficient (Wildman–Crippen LogP) is 3.13. The van der Waals surface area contributed by atoms with E-state index in [2.05, 4.69) is 4.72 Å². The minimum Gasteiger partial charge on any atom is -0.396 e. The molecule has 0 heterocycles. The van der Waals surface area contributed by atoms with Crippen molar-refractivity contribution in [2.24, 2.45) is 0 Å². The minimum absolute atomic E-state index is 0.0182. The molecule has 112 valence electrons. The van der Waals surface area contributed by atoms with Gasteiger partial charge >= 0.3 is 0 Å². The van der Waals surface area contributed by atoms with Crippen LogP contribution in [-0.4, -0.2) is 8.42 Å². The van der Waals surface area contributed by atoms with Crippen LogP contribution in [0.1, 0.15) is 16.7 Å². The maximum atomic E-state index is 13.6. The topological polar surface area (TPSA) is 72.2 Å². The van der Waals surface area contributed by atoms with Crippen LogP contribution >= 0.6 is 0 Å². The van der Waals surface area contributed by atoms with E-state index in [-0.39, 0.29) is 16.1 Å². The molecule has 21 heavy (non-hydrogen) atoms. The molecule has 0 amide bonds. The second-order valence-electron chi connectivity index (χ2n) is 4.96. The zero-order valence-corrected chi connectivity index (χ0v) is 12.9. The molecule has 0 unspecified atom stereocenters. The van der Waals surface area contributed by atoms with Gasteiger partial charge in [0.25, 0.3) is 10.0 Å². The van der Waals surface area contributed by atoms with E-state index >= 15 is 0 Å². The van der Waals surface area contributed by atoms with Gasteiger partial charge in [-0.15, -0.1) is 0 Å². The van der Waals surface area contributed by atoms with Gasteiger partial charge in [-0.2, -0.15) is 0 Å². The lowest BCUT2D eigenvalue weighted by atomic mass is 10.1. The van der Waals surface area contributed by atoms with Gasteiger partial charge in [-0.25, -0.2) is 12.8 Å². The van der Waals surface area contributed by atoms with Gasteiger partial charge in [0.2, 0.25) is 0 Å². The van der Waals surface area contributed by atoms with Gasteiger partial charge in [0.05, 0.1) is 16.3 Å². The van der Waals surface area contributed by atoms with Gasteiger partial charge < -0.3 is 5.73 Å². The number of aryl methyl sites for hydroxylation is 2. The summed E-state index contributed by atoms with van der Waals surface area (Å²) in [6, 6.07) is 8.17. The molecule has 0 aliphatic rings. The van der Waals surface area contributed by atoms with E-state index in [0.29, 0.717) is 11.3 Å². The SMILES string of the molecule is Cc1ccccc1NS(=O)(=O)c1c(C)cc(F)c(N)c1C. The Labute approximate surface area is 123 Å². The summed E-state index contributed by atoms with van der Waals surface area (Å²) in [6.45, 7) is 4.84. The standard InChI is InChI=1S/C15H17FN2O2S/c1-9-6-4-5-7-13(9)18-21(19,20)15-10(2)8-12(16)14(17)11(15)3/h4-8,18H,17H2,1-3H3. The highest BCUT2D eigenvalue weighted by Gasteiger charge is 2.23. The fraction of sp³-hybridized carbons (Fsp3) is 0.200. The van der Waals surface area contributed by atoms with Crippen molar-refractivity contribution >= 4 is 21.4 Å². The quantitative estimate of drug-likeness (QED) is 0.856. The van der Waals surface area contributed by atoms with Crippen LogP contribution in [0.2, 0.25) is 0 Å². The molecule has 2 rings (SSSR count). The third-order valence-electron chi connectivity index (χ3n) is 3.36. The molecule has 0 radical (unpaired) electrons. The van der Waals surface area contributed by atoms with Gasteiger partial charge in [-0.05, 0) is 49.6 Å². The molecular formula is C15H17FN2O2S. The molecule has 3 N–H and O–H groups in total. The highest BCUT2D eigenvalue weighted by molar-refractivity contribution is 7.92. The average Bonchev–Trinajstić information content (AvgIpc) is 2.38. The summed E-state index contributed by atoms with van der Waals surface area (Å²) in [5.74, 6) is -0.611. The van der Waals surface area contributed by atoms with Crippen LogP contribution in [0.5, 0.6) is 0 Å². The number of benzene rings is 2. The third kappa shape index (κ3) is 2.85. The monoisotopic (exact) mass is 308 g/mol. The highest BCUT2D eigenvalue weighted by atomic mass is 32.2. The Kier molecular flexibility index (Phi) is 3.91. The van der Waals surface area contributed by atoms with E-state index in [1.54, 1.807) is 32.0 Å². The lowest BCUT2D eigenvalue weighted by Crippen LogP contribution is -2.17. The molecule has 2 aromatic carbocycles. The largest absolute Gasteiger partial charge is 0.396 e. The predicted molar refractivity (Wildman–Crippen MR) is 82.3 cm³/mol. The molecule has 0 aliphatic carbocycles. The first kappa shape index (κ1) is 15.3. The van der Waals surface area contributed by atoms with Gasteiger partial charge in [0.1, 0.15) is 5.82 Å². The van der Waals surface area contributed by atoms with Crippen molar-refractivity contribution in [2.75, 3.05) is 10.5 Å². The van der Waals surface area contributed by atoms with Gasteiger partial charge in [0.15, 0.2) is 0 Å². The number of halogens is 1. The molecule has 0 aliphatic heterocycles. The Morgan fingerprint density at radius 1 is 1.10 bits per heavy atom. The first-order valence-corrected chi connectivity index (χ1v) is 7.86.